The highest BCUT2D eigenvalue weighted by Crippen LogP contribution is 2.46. The maximum Gasteiger partial charge on any atom is 0.125 e. The van der Waals surface area contributed by atoms with Gasteiger partial charge in [0, 0.05) is 5.56 Å². The third kappa shape index (κ3) is 2.06. The van der Waals surface area contributed by atoms with Crippen LogP contribution in [0.4, 0.5) is 0 Å². The van der Waals surface area contributed by atoms with E-state index in [4.69, 9.17) is 4.74 Å². The zero-order valence-electron chi connectivity index (χ0n) is 10.3. The van der Waals surface area contributed by atoms with Gasteiger partial charge in [-0.1, -0.05) is 18.2 Å². The Hall–Kier alpha value is -1.02. The molecule has 0 spiro atoms. The lowest BCUT2D eigenvalue weighted by molar-refractivity contribution is 0.128. The van der Waals surface area contributed by atoms with Gasteiger partial charge in [-0.2, -0.15) is 0 Å². The molecule has 17 heavy (non-hydrogen) atoms. The lowest BCUT2D eigenvalue weighted by Crippen LogP contribution is -2.24. The van der Waals surface area contributed by atoms with Crippen LogP contribution in [0.1, 0.15) is 44.3 Å². The van der Waals surface area contributed by atoms with E-state index < -0.39 is 6.10 Å². The van der Waals surface area contributed by atoms with E-state index in [1.165, 1.54) is 25.7 Å². The first-order valence-electron chi connectivity index (χ1n) is 6.67. The van der Waals surface area contributed by atoms with E-state index in [2.05, 4.69) is 0 Å². The van der Waals surface area contributed by atoms with Gasteiger partial charge < -0.3 is 9.84 Å². The summed E-state index contributed by atoms with van der Waals surface area (Å²) in [5.74, 6) is 2.52. The van der Waals surface area contributed by atoms with Gasteiger partial charge in [-0.05, 0) is 50.5 Å². The average molecular weight is 232 g/mol. The summed E-state index contributed by atoms with van der Waals surface area (Å²) < 4.78 is 6.14. The number of rotatable bonds is 3. The van der Waals surface area contributed by atoms with Gasteiger partial charge in [-0.25, -0.2) is 0 Å². The first kappa shape index (κ1) is 11.1. The van der Waals surface area contributed by atoms with Crippen LogP contribution in [0.5, 0.6) is 5.75 Å². The van der Waals surface area contributed by atoms with Crippen molar-refractivity contribution < 1.29 is 9.84 Å². The third-order valence-corrected chi connectivity index (χ3v) is 4.32. The van der Waals surface area contributed by atoms with E-state index >= 15 is 0 Å². The van der Waals surface area contributed by atoms with E-state index in [9.17, 15) is 5.11 Å². The molecular weight excluding hydrogens is 212 g/mol. The summed E-state index contributed by atoms with van der Waals surface area (Å²) in [6, 6.07) is 7.87. The van der Waals surface area contributed by atoms with Gasteiger partial charge in [0.2, 0.25) is 0 Å². The Morgan fingerprint density at radius 2 is 2.06 bits per heavy atom. The number of ether oxygens (including phenoxy) is 1. The zero-order chi connectivity index (χ0) is 11.8. The molecule has 1 aromatic carbocycles. The molecule has 1 aromatic rings. The van der Waals surface area contributed by atoms with Crippen LogP contribution in [0.2, 0.25) is 0 Å². The third-order valence-electron chi connectivity index (χ3n) is 4.32. The van der Waals surface area contributed by atoms with Gasteiger partial charge in [-0.3, -0.25) is 0 Å². The van der Waals surface area contributed by atoms with Crippen molar-refractivity contribution in [3.8, 4) is 5.75 Å². The predicted molar refractivity (Wildman–Crippen MR) is 66.9 cm³/mol. The van der Waals surface area contributed by atoms with Crippen LogP contribution in [0.15, 0.2) is 24.3 Å². The van der Waals surface area contributed by atoms with Crippen LogP contribution in [0.25, 0.3) is 0 Å². The molecule has 3 unspecified atom stereocenters. The molecule has 4 atom stereocenters. The summed E-state index contributed by atoms with van der Waals surface area (Å²) >= 11 is 0. The van der Waals surface area contributed by atoms with Crippen molar-refractivity contribution >= 4 is 0 Å². The van der Waals surface area contributed by atoms with Crippen molar-refractivity contribution in [2.75, 3.05) is 0 Å². The molecule has 0 amide bonds. The van der Waals surface area contributed by atoms with Crippen molar-refractivity contribution in [1.82, 2.24) is 0 Å². The van der Waals surface area contributed by atoms with E-state index in [1.54, 1.807) is 6.92 Å². The van der Waals surface area contributed by atoms with Crippen LogP contribution >= 0.6 is 0 Å². The molecule has 2 heteroatoms. The monoisotopic (exact) mass is 232 g/mol. The fourth-order valence-electron chi connectivity index (χ4n) is 3.43. The normalized spacial score (nSPS) is 32.7. The van der Waals surface area contributed by atoms with Crippen molar-refractivity contribution in [2.24, 2.45) is 11.8 Å². The fraction of sp³-hybridized carbons (Fsp3) is 0.600. The Kier molecular flexibility index (Phi) is 2.83. The van der Waals surface area contributed by atoms with Crippen molar-refractivity contribution in [3.63, 3.8) is 0 Å². The molecule has 0 saturated heterocycles. The maximum absolute atomic E-state index is 9.73. The SMILES string of the molecule is C[C@@H](O)c1ccccc1OC1CC2CCC1C2. The van der Waals surface area contributed by atoms with Crippen LogP contribution in [0, 0.1) is 11.8 Å². The Morgan fingerprint density at radius 1 is 1.24 bits per heavy atom. The first-order valence-corrected chi connectivity index (χ1v) is 6.67. The minimum absolute atomic E-state index is 0.383. The second kappa shape index (κ2) is 4.34. The molecule has 2 bridgehead atoms. The highest BCUT2D eigenvalue weighted by molar-refractivity contribution is 5.35. The van der Waals surface area contributed by atoms with Crippen molar-refractivity contribution in [3.05, 3.63) is 29.8 Å². The molecule has 0 aromatic heterocycles. The summed E-state index contributed by atoms with van der Waals surface area (Å²) in [6.07, 6.45) is 5.20. The van der Waals surface area contributed by atoms with E-state index in [-0.39, 0.29) is 0 Å². The summed E-state index contributed by atoms with van der Waals surface area (Å²) in [5.41, 5.74) is 0.912. The molecule has 1 N–H and O–H groups in total. The molecule has 2 aliphatic carbocycles. The minimum Gasteiger partial charge on any atom is -0.490 e. The molecule has 2 nitrogen and oxygen atoms in total. The van der Waals surface area contributed by atoms with Gasteiger partial charge >= 0.3 is 0 Å². The molecule has 0 heterocycles. The van der Waals surface area contributed by atoms with Crippen LogP contribution < -0.4 is 4.74 Å². The molecule has 2 fully saturated rings. The summed E-state index contributed by atoms with van der Waals surface area (Å²) in [4.78, 5) is 0. The summed E-state index contributed by atoms with van der Waals surface area (Å²) in [5, 5.41) is 9.73. The van der Waals surface area contributed by atoms with Gasteiger partial charge in [0.25, 0.3) is 0 Å². The number of para-hydroxylation sites is 1. The Labute approximate surface area is 103 Å². The van der Waals surface area contributed by atoms with Gasteiger partial charge in [0.15, 0.2) is 0 Å². The number of aliphatic hydroxyl groups excluding tert-OH is 1. The lowest BCUT2D eigenvalue weighted by Gasteiger charge is -2.25. The minimum atomic E-state index is -0.454. The molecule has 2 aliphatic rings. The molecular formula is C15H20O2. The number of hydrogen-bond acceptors (Lipinski definition) is 2. The van der Waals surface area contributed by atoms with Crippen LogP contribution in [-0.4, -0.2) is 11.2 Å². The van der Waals surface area contributed by atoms with Crippen LogP contribution in [-0.2, 0) is 0 Å². The predicted octanol–water partition coefficient (Wildman–Crippen LogP) is 3.31. The van der Waals surface area contributed by atoms with Crippen molar-refractivity contribution in [1.29, 1.82) is 0 Å². The topological polar surface area (TPSA) is 29.5 Å². The largest absolute Gasteiger partial charge is 0.490 e. The Balaban J connectivity index is 1.77. The molecule has 3 rings (SSSR count). The summed E-state index contributed by atoms with van der Waals surface area (Å²) in [7, 11) is 0. The zero-order valence-corrected chi connectivity index (χ0v) is 10.3. The number of hydrogen-bond donors (Lipinski definition) is 1. The first-order chi connectivity index (χ1) is 8.24. The average Bonchev–Trinajstić information content (AvgIpc) is 2.91. The quantitative estimate of drug-likeness (QED) is 0.866. The Bertz CT molecular complexity index is 400. The lowest BCUT2D eigenvalue weighted by atomic mass is 9.97. The van der Waals surface area contributed by atoms with Gasteiger partial charge in [0.1, 0.15) is 11.9 Å². The standard InChI is InChI=1S/C15H20O2/c1-10(16)13-4-2-3-5-14(13)17-15-9-11-6-7-12(15)8-11/h2-5,10-12,15-16H,6-9H2,1H3/t10-,11?,12?,15?/m1/s1. The van der Waals surface area contributed by atoms with E-state index in [0.717, 1.165) is 23.1 Å². The van der Waals surface area contributed by atoms with E-state index in [0.29, 0.717) is 6.10 Å². The highest BCUT2D eigenvalue weighted by Gasteiger charge is 2.41. The number of benzene rings is 1. The second-order valence-corrected chi connectivity index (χ2v) is 5.54. The molecule has 92 valence electrons. The maximum atomic E-state index is 9.73. The van der Waals surface area contributed by atoms with Gasteiger partial charge in [0.05, 0.1) is 6.10 Å². The van der Waals surface area contributed by atoms with Crippen molar-refractivity contribution in [2.45, 2.75) is 44.8 Å². The second-order valence-electron chi connectivity index (χ2n) is 5.54. The van der Waals surface area contributed by atoms with Crippen LogP contribution in [0.3, 0.4) is 0 Å². The molecule has 2 saturated carbocycles. The fourth-order valence-corrected chi connectivity index (χ4v) is 3.43. The number of aliphatic hydroxyl groups is 1. The summed E-state index contributed by atoms with van der Waals surface area (Å²) in [6.45, 7) is 1.79. The smallest absolute Gasteiger partial charge is 0.125 e. The highest BCUT2D eigenvalue weighted by atomic mass is 16.5. The molecule has 0 radical (unpaired) electrons. The Morgan fingerprint density at radius 3 is 2.71 bits per heavy atom. The van der Waals surface area contributed by atoms with E-state index in [1.807, 2.05) is 24.3 Å². The molecule has 0 aliphatic heterocycles. The number of fused-ring (bicyclic) bond motifs is 2. The van der Waals surface area contributed by atoms with Gasteiger partial charge in [-0.15, -0.1) is 0 Å².